The van der Waals surface area contributed by atoms with E-state index >= 15 is 0 Å². The molecule has 0 saturated carbocycles. The summed E-state index contributed by atoms with van der Waals surface area (Å²) in [6, 6.07) is 28.1. The van der Waals surface area contributed by atoms with Gasteiger partial charge in [-0.1, -0.05) is 84.9 Å². The van der Waals surface area contributed by atoms with Gasteiger partial charge in [-0.2, -0.15) is 0 Å². The fourth-order valence-electron chi connectivity index (χ4n) is 7.00. The molecule has 1 fully saturated rings. The second-order valence-electron chi connectivity index (χ2n) is 10.9. The first kappa shape index (κ1) is 25.0. The van der Waals surface area contributed by atoms with Crippen molar-refractivity contribution in [1.29, 1.82) is 0 Å². The van der Waals surface area contributed by atoms with Gasteiger partial charge in [0.1, 0.15) is 17.2 Å². The lowest BCUT2D eigenvalue weighted by atomic mass is 9.64. The first-order chi connectivity index (χ1) is 19.9. The van der Waals surface area contributed by atoms with Crippen LogP contribution in [0, 0.1) is 12.8 Å². The van der Waals surface area contributed by atoms with Crippen LogP contribution in [0.25, 0.3) is 6.08 Å². The smallest absolute Gasteiger partial charge is 0.238 e. The summed E-state index contributed by atoms with van der Waals surface area (Å²) in [6.45, 7) is 2.00. The molecule has 202 valence electrons. The number of hydrogen-bond donors (Lipinski definition) is 1. The van der Waals surface area contributed by atoms with Crippen LogP contribution in [0.1, 0.15) is 37.4 Å². The zero-order valence-corrected chi connectivity index (χ0v) is 22.7. The number of Topliss-reactive ketones (excluding diaryl/α,β-unsaturated/α-hetero) is 2. The number of aryl methyl sites for hydroxylation is 1. The van der Waals surface area contributed by atoms with Crippen molar-refractivity contribution in [3.8, 4) is 5.75 Å². The number of para-hydroxylation sites is 1. The van der Waals surface area contributed by atoms with Crippen molar-refractivity contribution in [3.05, 3.63) is 131 Å². The van der Waals surface area contributed by atoms with E-state index in [4.69, 9.17) is 4.74 Å². The first-order valence-corrected chi connectivity index (χ1v) is 13.7. The summed E-state index contributed by atoms with van der Waals surface area (Å²) >= 11 is 0. The zero-order chi connectivity index (χ0) is 28.3. The third kappa shape index (κ3) is 3.53. The largest absolute Gasteiger partial charge is 0.497 e. The lowest BCUT2D eigenvalue weighted by Crippen LogP contribution is -2.51. The molecule has 6 nitrogen and oxygen atoms in total. The van der Waals surface area contributed by atoms with E-state index in [0.717, 1.165) is 22.4 Å². The first-order valence-electron chi connectivity index (χ1n) is 13.7. The van der Waals surface area contributed by atoms with E-state index in [-0.39, 0.29) is 17.5 Å². The molecule has 4 aromatic rings. The Kier molecular flexibility index (Phi) is 5.68. The number of nitrogens with one attached hydrogen (secondary N) is 1. The predicted molar refractivity (Wildman–Crippen MR) is 159 cm³/mol. The van der Waals surface area contributed by atoms with Gasteiger partial charge in [0.15, 0.2) is 11.6 Å². The van der Waals surface area contributed by atoms with Gasteiger partial charge in [-0.3, -0.25) is 14.4 Å². The molecular formula is C35H28N2O4. The third-order valence-corrected chi connectivity index (χ3v) is 8.75. The van der Waals surface area contributed by atoms with Crippen LogP contribution in [0.2, 0.25) is 0 Å². The zero-order valence-electron chi connectivity index (χ0n) is 22.7. The van der Waals surface area contributed by atoms with Gasteiger partial charge < -0.3 is 15.0 Å². The number of hydrogen-bond acceptors (Lipinski definition) is 5. The van der Waals surface area contributed by atoms with Crippen molar-refractivity contribution in [3.63, 3.8) is 0 Å². The summed E-state index contributed by atoms with van der Waals surface area (Å²) in [5.41, 5.74) is 3.73. The van der Waals surface area contributed by atoms with Gasteiger partial charge >= 0.3 is 0 Å². The number of fused-ring (bicyclic) bond motifs is 6. The standard InChI is InChI=1S/C35H28N2O4/c1-21-15-16-22-17-18-29-35(26-13-6-7-14-27(26)36-34(35)40)30(32(38)24-11-8-12-25(20-24)41-2)31(37(29)28(22)19-21)33(39)23-9-4-3-5-10-23/h3-20,29-31H,1-2H3,(H,36,40). The second-order valence-corrected chi connectivity index (χ2v) is 10.9. The predicted octanol–water partition coefficient (Wildman–Crippen LogP) is 5.86. The monoisotopic (exact) mass is 540 g/mol. The summed E-state index contributed by atoms with van der Waals surface area (Å²) in [7, 11) is 1.55. The van der Waals surface area contributed by atoms with Gasteiger partial charge in [-0.15, -0.1) is 0 Å². The van der Waals surface area contributed by atoms with E-state index in [1.165, 1.54) is 0 Å². The summed E-state index contributed by atoms with van der Waals surface area (Å²) in [4.78, 5) is 45.9. The Labute approximate surface area is 238 Å². The minimum atomic E-state index is -1.34. The van der Waals surface area contributed by atoms with Gasteiger partial charge in [-0.25, -0.2) is 0 Å². The number of anilines is 2. The molecule has 6 heteroatoms. The third-order valence-electron chi connectivity index (χ3n) is 8.75. The lowest BCUT2D eigenvalue weighted by molar-refractivity contribution is -0.121. The molecule has 0 bridgehead atoms. The Morgan fingerprint density at radius 3 is 2.41 bits per heavy atom. The highest BCUT2D eigenvalue weighted by atomic mass is 16.5. The van der Waals surface area contributed by atoms with E-state index in [1.807, 2.05) is 84.6 Å². The van der Waals surface area contributed by atoms with Crippen LogP contribution in [-0.2, 0) is 10.2 Å². The topological polar surface area (TPSA) is 75.7 Å². The van der Waals surface area contributed by atoms with Gasteiger partial charge in [0.05, 0.1) is 19.1 Å². The summed E-state index contributed by atoms with van der Waals surface area (Å²) < 4.78 is 5.44. The molecule has 4 atom stereocenters. The van der Waals surface area contributed by atoms with Crippen LogP contribution in [0.5, 0.6) is 5.75 Å². The fraction of sp³-hybridized carbons (Fsp3) is 0.171. The van der Waals surface area contributed by atoms with Gasteiger partial charge in [0.2, 0.25) is 5.91 Å². The van der Waals surface area contributed by atoms with Crippen LogP contribution in [0.4, 0.5) is 11.4 Å². The lowest BCUT2D eigenvalue weighted by Gasteiger charge is -2.37. The van der Waals surface area contributed by atoms with Crippen molar-refractivity contribution in [1.82, 2.24) is 0 Å². The summed E-state index contributed by atoms with van der Waals surface area (Å²) in [6.07, 6.45) is 4.00. The highest BCUT2D eigenvalue weighted by Gasteiger charge is 2.70. The van der Waals surface area contributed by atoms with Gasteiger partial charge in [0, 0.05) is 22.5 Å². The van der Waals surface area contributed by atoms with Gasteiger partial charge in [-0.05, 0) is 47.9 Å². The van der Waals surface area contributed by atoms with E-state index in [1.54, 1.807) is 43.5 Å². The Morgan fingerprint density at radius 1 is 0.854 bits per heavy atom. The van der Waals surface area contributed by atoms with Crippen molar-refractivity contribution in [2.24, 2.45) is 5.92 Å². The minimum Gasteiger partial charge on any atom is -0.497 e. The van der Waals surface area contributed by atoms with Crippen molar-refractivity contribution in [2.75, 3.05) is 17.3 Å². The Bertz CT molecular complexity index is 1760. The number of ether oxygens (including phenoxy) is 1. The number of rotatable bonds is 5. The average Bonchev–Trinajstić information content (AvgIpc) is 3.49. The molecular weight excluding hydrogens is 512 g/mol. The number of nitrogens with zero attached hydrogens (tertiary/aromatic N) is 1. The number of carbonyl (C=O) groups excluding carboxylic acids is 3. The van der Waals surface area contributed by atoms with Crippen LogP contribution >= 0.6 is 0 Å². The quantitative estimate of drug-likeness (QED) is 0.321. The van der Waals surface area contributed by atoms with E-state index < -0.39 is 23.4 Å². The van der Waals surface area contributed by atoms with E-state index in [0.29, 0.717) is 22.6 Å². The van der Waals surface area contributed by atoms with Crippen molar-refractivity contribution in [2.45, 2.75) is 24.4 Å². The molecule has 0 radical (unpaired) electrons. The van der Waals surface area contributed by atoms with Crippen molar-refractivity contribution < 1.29 is 19.1 Å². The Hall–Kier alpha value is -4.97. The highest BCUT2D eigenvalue weighted by Crippen LogP contribution is 2.58. The molecule has 3 aliphatic rings. The molecule has 4 aromatic carbocycles. The highest BCUT2D eigenvalue weighted by molar-refractivity contribution is 6.18. The van der Waals surface area contributed by atoms with E-state index in [2.05, 4.69) is 5.32 Å². The normalized spacial score (nSPS) is 23.5. The molecule has 7 rings (SSSR count). The number of carbonyl (C=O) groups is 3. The summed E-state index contributed by atoms with van der Waals surface area (Å²) in [5, 5.41) is 3.07. The number of benzene rings is 4. The molecule has 0 aliphatic carbocycles. The molecule has 1 saturated heterocycles. The Morgan fingerprint density at radius 2 is 1.61 bits per heavy atom. The van der Waals surface area contributed by atoms with Crippen molar-refractivity contribution >= 4 is 34.9 Å². The Balaban J connectivity index is 1.55. The fourth-order valence-corrected chi connectivity index (χ4v) is 7.00. The number of methoxy groups -OCH3 is 1. The average molecular weight is 541 g/mol. The number of amides is 1. The maximum absolute atomic E-state index is 14.9. The van der Waals surface area contributed by atoms with Crippen LogP contribution < -0.4 is 15.0 Å². The molecule has 4 unspecified atom stereocenters. The van der Waals surface area contributed by atoms with Crippen LogP contribution in [0.15, 0.2) is 103 Å². The van der Waals surface area contributed by atoms with Gasteiger partial charge in [0.25, 0.3) is 0 Å². The molecule has 1 amide bonds. The molecule has 1 N–H and O–H groups in total. The SMILES string of the molecule is COc1cccc(C(=O)C2C(C(=O)c3ccccc3)N3c4cc(C)ccc4C=CC3C23C(=O)Nc2ccccc23)c1. The molecule has 3 heterocycles. The molecule has 3 aliphatic heterocycles. The minimum absolute atomic E-state index is 0.200. The molecule has 0 aromatic heterocycles. The van der Waals surface area contributed by atoms with E-state index in [9.17, 15) is 14.4 Å². The maximum atomic E-state index is 14.9. The van der Waals surface area contributed by atoms with Crippen LogP contribution in [-0.4, -0.2) is 36.7 Å². The molecule has 41 heavy (non-hydrogen) atoms. The number of ketones is 2. The maximum Gasteiger partial charge on any atom is 0.238 e. The summed E-state index contributed by atoms with van der Waals surface area (Å²) in [5.74, 6) is -1.24. The molecule has 1 spiro atoms. The second kappa shape index (κ2) is 9.30. The van der Waals surface area contributed by atoms with Crippen LogP contribution in [0.3, 0.4) is 0 Å².